The van der Waals surface area contributed by atoms with E-state index in [1.54, 1.807) is 0 Å². The molecule has 1 atom stereocenters. The van der Waals surface area contributed by atoms with E-state index in [0.717, 1.165) is 17.9 Å². The number of hydrogen-bond acceptors (Lipinski definition) is 5. The molecule has 0 saturated heterocycles. The van der Waals surface area contributed by atoms with Gasteiger partial charge in [-0.05, 0) is 31.5 Å². The van der Waals surface area contributed by atoms with E-state index in [9.17, 15) is 0 Å². The normalized spacial score (nSPS) is 12.5. The Morgan fingerprint density at radius 2 is 2.09 bits per heavy atom. The molecule has 0 saturated carbocycles. The molecule has 1 N–H and O–H groups in total. The van der Waals surface area contributed by atoms with Gasteiger partial charge < -0.3 is 14.6 Å². The van der Waals surface area contributed by atoms with Gasteiger partial charge in [0, 0.05) is 10.9 Å². The Morgan fingerprint density at radius 1 is 1.32 bits per heavy atom. The van der Waals surface area contributed by atoms with Crippen LogP contribution in [0.3, 0.4) is 0 Å². The highest BCUT2D eigenvalue weighted by molar-refractivity contribution is 6.30. The number of nitrogens with one attached hydrogen (secondary N) is 1. The molecule has 5 nitrogen and oxygen atoms in total. The van der Waals surface area contributed by atoms with Crippen molar-refractivity contribution in [2.75, 3.05) is 11.9 Å². The summed E-state index contributed by atoms with van der Waals surface area (Å²) in [6, 6.07) is 5.37. The summed E-state index contributed by atoms with van der Waals surface area (Å²) in [5.41, 5.74) is 0.817. The predicted octanol–water partition coefficient (Wildman–Crippen LogP) is 4.81. The average Bonchev–Trinajstić information content (AvgIpc) is 2.96. The number of hydrogen-bond donors (Lipinski definition) is 1. The van der Waals surface area contributed by atoms with Gasteiger partial charge in [0.1, 0.15) is 11.8 Å². The summed E-state index contributed by atoms with van der Waals surface area (Å²) in [5, 5.41) is 7.95. The minimum atomic E-state index is -0.137. The highest BCUT2D eigenvalue weighted by Gasteiger charge is 2.17. The Bertz CT molecular complexity index is 613. The van der Waals surface area contributed by atoms with Crippen LogP contribution in [0.15, 0.2) is 22.7 Å². The number of benzene rings is 1. The Balaban J connectivity index is 2.15. The summed E-state index contributed by atoms with van der Waals surface area (Å²) in [4.78, 5) is 4.41. The van der Waals surface area contributed by atoms with Crippen molar-refractivity contribution in [3.63, 3.8) is 0 Å². The minimum absolute atomic E-state index is 0.137. The van der Waals surface area contributed by atoms with Crippen molar-refractivity contribution in [3.8, 4) is 5.75 Å². The summed E-state index contributed by atoms with van der Waals surface area (Å²) in [7, 11) is 0. The summed E-state index contributed by atoms with van der Waals surface area (Å²) < 4.78 is 11.0. The van der Waals surface area contributed by atoms with Crippen LogP contribution in [0.25, 0.3) is 0 Å². The Morgan fingerprint density at radius 3 is 2.73 bits per heavy atom. The second-order valence-electron chi connectivity index (χ2n) is 5.50. The molecular formula is C16H22ClN3O2. The zero-order chi connectivity index (χ0) is 16.1. The van der Waals surface area contributed by atoms with Gasteiger partial charge in [-0.2, -0.15) is 4.98 Å². The molecule has 120 valence electrons. The SMILES string of the molecule is CCCOc1ccc(Cl)cc1NC(C)c1nc(C(C)C)no1. The number of nitrogens with zero attached hydrogens (tertiary/aromatic N) is 2. The lowest BCUT2D eigenvalue weighted by atomic mass is 10.2. The highest BCUT2D eigenvalue weighted by Crippen LogP contribution is 2.31. The summed E-state index contributed by atoms with van der Waals surface area (Å²) in [6.07, 6.45) is 0.943. The molecule has 1 aromatic heterocycles. The average molecular weight is 324 g/mol. The van der Waals surface area contributed by atoms with Crippen molar-refractivity contribution in [2.45, 2.75) is 46.1 Å². The molecule has 2 rings (SSSR count). The lowest BCUT2D eigenvalue weighted by Crippen LogP contribution is -2.09. The van der Waals surface area contributed by atoms with E-state index in [-0.39, 0.29) is 12.0 Å². The maximum atomic E-state index is 6.08. The predicted molar refractivity (Wildman–Crippen MR) is 87.7 cm³/mol. The molecule has 6 heteroatoms. The third-order valence-electron chi connectivity index (χ3n) is 3.12. The van der Waals surface area contributed by atoms with E-state index in [1.807, 2.05) is 39.0 Å². The third kappa shape index (κ3) is 4.13. The van der Waals surface area contributed by atoms with Gasteiger partial charge in [0.15, 0.2) is 5.82 Å². The topological polar surface area (TPSA) is 60.2 Å². The number of anilines is 1. The van der Waals surface area contributed by atoms with Gasteiger partial charge >= 0.3 is 0 Å². The minimum Gasteiger partial charge on any atom is -0.491 e. The lowest BCUT2D eigenvalue weighted by molar-refractivity contribution is 0.318. The Hall–Kier alpha value is -1.75. The van der Waals surface area contributed by atoms with Crippen molar-refractivity contribution in [3.05, 3.63) is 34.9 Å². The van der Waals surface area contributed by atoms with Crippen molar-refractivity contribution < 1.29 is 9.26 Å². The fourth-order valence-corrected chi connectivity index (χ4v) is 2.08. The van der Waals surface area contributed by atoms with Crippen LogP contribution in [0.4, 0.5) is 5.69 Å². The molecule has 0 bridgehead atoms. The first-order valence-corrected chi connectivity index (χ1v) is 7.91. The third-order valence-corrected chi connectivity index (χ3v) is 3.35. The van der Waals surface area contributed by atoms with Gasteiger partial charge in [-0.1, -0.05) is 37.5 Å². The first-order chi connectivity index (χ1) is 10.5. The van der Waals surface area contributed by atoms with Gasteiger partial charge in [-0.15, -0.1) is 0 Å². The van der Waals surface area contributed by atoms with Gasteiger partial charge in [-0.25, -0.2) is 0 Å². The van der Waals surface area contributed by atoms with E-state index >= 15 is 0 Å². The summed E-state index contributed by atoms with van der Waals surface area (Å²) >= 11 is 6.08. The zero-order valence-corrected chi connectivity index (χ0v) is 14.1. The van der Waals surface area contributed by atoms with Crippen LogP contribution in [0.1, 0.15) is 57.8 Å². The maximum Gasteiger partial charge on any atom is 0.248 e. The molecule has 1 unspecified atom stereocenters. The van der Waals surface area contributed by atoms with Gasteiger partial charge in [0.05, 0.1) is 12.3 Å². The van der Waals surface area contributed by atoms with Gasteiger partial charge in [0.25, 0.3) is 0 Å². The van der Waals surface area contributed by atoms with E-state index in [2.05, 4.69) is 22.4 Å². The number of halogens is 1. The molecule has 0 aliphatic heterocycles. The first kappa shape index (κ1) is 16.6. The van der Waals surface area contributed by atoms with E-state index in [0.29, 0.717) is 23.3 Å². The van der Waals surface area contributed by atoms with Gasteiger partial charge in [-0.3, -0.25) is 0 Å². The lowest BCUT2D eigenvalue weighted by Gasteiger charge is -2.16. The van der Waals surface area contributed by atoms with E-state index in [4.69, 9.17) is 20.9 Å². The van der Waals surface area contributed by atoms with Crippen LogP contribution in [0.5, 0.6) is 5.75 Å². The maximum absolute atomic E-state index is 6.08. The summed E-state index contributed by atoms with van der Waals surface area (Å²) in [6.45, 7) is 8.74. The number of rotatable bonds is 7. The molecule has 1 aromatic carbocycles. The molecule has 2 aromatic rings. The zero-order valence-electron chi connectivity index (χ0n) is 13.4. The van der Waals surface area contributed by atoms with Gasteiger partial charge in [0.2, 0.25) is 5.89 Å². The summed E-state index contributed by atoms with van der Waals surface area (Å²) in [5.74, 6) is 2.25. The number of ether oxygens (including phenoxy) is 1. The van der Waals surface area contributed by atoms with Crippen molar-refractivity contribution >= 4 is 17.3 Å². The molecule has 0 spiro atoms. The molecule has 0 aliphatic rings. The van der Waals surface area contributed by atoms with Crippen LogP contribution in [-0.2, 0) is 0 Å². The van der Waals surface area contributed by atoms with Crippen molar-refractivity contribution in [1.82, 2.24) is 10.1 Å². The monoisotopic (exact) mass is 323 g/mol. The number of aromatic nitrogens is 2. The van der Waals surface area contributed by atoms with E-state index in [1.165, 1.54) is 0 Å². The fraction of sp³-hybridized carbons (Fsp3) is 0.500. The van der Waals surface area contributed by atoms with Crippen LogP contribution in [-0.4, -0.2) is 16.7 Å². The van der Waals surface area contributed by atoms with Crippen LogP contribution in [0.2, 0.25) is 5.02 Å². The van der Waals surface area contributed by atoms with Crippen molar-refractivity contribution in [2.24, 2.45) is 0 Å². The second-order valence-corrected chi connectivity index (χ2v) is 5.94. The van der Waals surface area contributed by atoms with E-state index < -0.39 is 0 Å². The molecule has 0 amide bonds. The molecule has 0 fully saturated rings. The quantitative estimate of drug-likeness (QED) is 0.792. The second kappa shape index (κ2) is 7.49. The molecule has 1 heterocycles. The molecular weight excluding hydrogens is 302 g/mol. The van der Waals surface area contributed by atoms with Crippen LogP contribution >= 0.6 is 11.6 Å². The smallest absolute Gasteiger partial charge is 0.248 e. The standard InChI is InChI=1S/C16H22ClN3O2/c1-5-8-21-14-7-6-12(17)9-13(14)18-11(4)16-19-15(10(2)3)20-22-16/h6-7,9-11,18H,5,8H2,1-4H3. The van der Waals surface area contributed by atoms with Crippen LogP contribution in [0, 0.1) is 0 Å². The Kier molecular flexibility index (Phi) is 5.66. The van der Waals surface area contributed by atoms with Crippen LogP contribution < -0.4 is 10.1 Å². The first-order valence-electron chi connectivity index (χ1n) is 7.53. The molecule has 0 radical (unpaired) electrons. The Labute approximate surface area is 136 Å². The molecule has 0 aliphatic carbocycles. The largest absolute Gasteiger partial charge is 0.491 e. The highest BCUT2D eigenvalue weighted by atomic mass is 35.5. The molecule has 22 heavy (non-hydrogen) atoms. The fourth-order valence-electron chi connectivity index (χ4n) is 1.91. The van der Waals surface area contributed by atoms with Crippen molar-refractivity contribution in [1.29, 1.82) is 0 Å².